The molecule has 6 heteroatoms. The minimum Gasteiger partial charge on any atom is -0.484 e. The summed E-state index contributed by atoms with van der Waals surface area (Å²) < 4.78 is 11.7. The number of quaternary nitrogens is 1. The van der Waals surface area contributed by atoms with Crippen molar-refractivity contribution in [1.29, 1.82) is 0 Å². The summed E-state index contributed by atoms with van der Waals surface area (Å²) >= 11 is 0. The summed E-state index contributed by atoms with van der Waals surface area (Å²) in [7, 11) is 2.24. The predicted molar refractivity (Wildman–Crippen MR) is 122 cm³/mol. The second-order valence-corrected chi connectivity index (χ2v) is 8.70. The van der Waals surface area contributed by atoms with Gasteiger partial charge in [0.1, 0.15) is 17.1 Å². The molecule has 1 amide bonds. The monoisotopic (exact) mass is 420 g/mol. The predicted octanol–water partition coefficient (Wildman–Crippen LogP) is 2.66. The molecule has 5 rings (SSSR count). The highest BCUT2D eigenvalue weighted by Crippen LogP contribution is 2.33. The fraction of sp³-hybridized carbons (Fsp3) is 0.400. The number of carbonyl (C=O) groups is 1. The zero-order valence-corrected chi connectivity index (χ0v) is 18.1. The SMILES string of the molecule is C[NH+]1CCN(c2ccc(NC(=O)COc3ccc4oc5c(c4c3)CCCC5)cc2)CC1. The number of carbonyl (C=O) groups excluding carboxylic acids is 1. The second-order valence-electron chi connectivity index (χ2n) is 8.70. The maximum absolute atomic E-state index is 12.4. The van der Waals surface area contributed by atoms with E-state index in [9.17, 15) is 4.79 Å². The normalized spacial score (nSPS) is 16.9. The Kier molecular flexibility index (Phi) is 5.55. The topological polar surface area (TPSA) is 59.2 Å². The third-order valence-corrected chi connectivity index (χ3v) is 6.43. The Morgan fingerprint density at radius 1 is 1.10 bits per heavy atom. The molecule has 1 aliphatic heterocycles. The molecule has 3 aromatic rings. The molecule has 2 N–H and O–H groups in total. The van der Waals surface area contributed by atoms with Crippen molar-refractivity contribution >= 4 is 28.3 Å². The Hall–Kier alpha value is -2.99. The van der Waals surface area contributed by atoms with E-state index in [1.807, 2.05) is 30.3 Å². The number of ether oxygens (including phenoxy) is 1. The van der Waals surface area contributed by atoms with E-state index in [2.05, 4.69) is 29.4 Å². The third-order valence-electron chi connectivity index (χ3n) is 6.43. The average Bonchev–Trinajstić information content (AvgIpc) is 3.17. The van der Waals surface area contributed by atoms with Crippen molar-refractivity contribution in [2.75, 3.05) is 50.1 Å². The van der Waals surface area contributed by atoms with E-state index in [0.29, 0.717) is 5.75 Å². The number of hydrogen-bond donors (Lipinski definition) is 2. The summed E-state index contributed by atoms with van der Waals surface area (Å²) in [5.41, 5.74) is 4.21. The van der Waals surface area contributed by atoms with E-state index in [1.165, 1.54) is 24.1 Å². The number of nitrogens with one attached hydrogen (secondary N) is 2. The van der Waals surface area contributed by atoms with Crippen molar-refractivity contribution in [1.82, 2.24) is 0 Å². The van der Waals surface area contributed by atoms with Gasteiger partial charge < -0.3 is 24.3 Å². The van der Waals surface area contributed by atoms with E-state index in [-0.39, 0.29) is 12.5 Å². The minimum absolute atomic E-state index is 0.0193. The Labute approximate surface area is 182 Å². The molecule has 2 aliphatic rings. The van der Waals surface area contributed by atoms with Crippen LogP contribution in [0.25, 0.3) is 11.0 Å². The van der Waals surface area contributed by atoms with Crippen molar-refractivity contribution in [3.05, 3.63) is 53.8 Å². The van der Waals surface area contributed by atoms with Crippen LogP contribution >= 0.6 is 0 Å². The standard InChI is InChI=1S/C25H29N3O3/c1-27-12-14-28(15-13-27)19-8-6-18(7-9-19)26-25(29)17-30-20-10-11-24-22(16-20)21-4-2-3-5-23(21)31-24/h6-11,16H,2-5,12-15,17H2,1H3,(H,26,29)/p+1. The van der Waals surface area contributed by atoms with Gasteiger partial charge in [-0.05, 0) is 61.7 Å². The molecule has 0 unspecified atom stereocenters. The molecule has 1 saturated heterocycles. The van der Waals surface area contributed by atoms with Crippen LogP contribution in [0.5, 0.6) is 5.75 Å². The van der Waals surface area contributed by atoms with Crippen LogP contribution in [0.15, 0.2) is 46.9 Å². The number of nitrogens with zero attached hydrogens (tertiary/aromatic N) is 1. The van der Waals surface area contributed by atoms with Gasteiger partial charge in [0, 0.05) is 28.7 Å². The van der Waals surface area contributed by atoms with Gasteiger partial charge in [-0.2, -0.15) is 0 Å². The highest BCUT2D eigenvalue weighted by atomic mass is 16.5. The summed E-state index contributed by atoms with van der Waals surface area (Å²) in [4.78, 5) is 16.4. The first-order chi connectivity index (χ1) is 15.2. The van der Waals surface area contributed by atoms with Gasteiger partial charge in [-0.1, -0.05) is 0 Å². The largest absolute Gasteiger partial charge is 0.484 e. The van der Waals surface area contributed by atoms with Crippen molar-refractivity contribution < 1.29 is 18.8 Å². The lowest BCUT2D eigenvalue weighted by Gasteiger charge is -2.31. The molecule has 0 bridgehead atoms. The smallest absolute Gasteiger partial charge is 0.262 e. The fourth-order valence-corrected chi connectivity index (χ4v) is 4.58. The van der Waals surface area contributed by atoms with Gasteiger partial charge in [0.25, 0.3) is 5.91 Å². The first kappa shape index (κ1) is 19.9. The maximum Gasteiger partial charge on any atom is 0.262 e. The molecule has 0 radical (unpaired) electrons. The number of furan rings is 1. The fourth-order valence-electron chi connectivity index (χ4n) is 4.58. The zero-order valence-electron chi connectivity index (χ0n) is 18.1. The molecule has 162 valence electrons. The van der Waals surface area contributed by atoms with Crippen LogP contribution < -0.4 is 19.9 Å². The molecule has 1 aromatic heterocycles. The van der Waals surface area contributed by atoms with Crippen LogP contribution in [-0.4, -0.2) is 45.7 Å². The lowest BCUT2D eigenvalue weighted by Crippen LogP contribution is -3.12. The molecule has 6 nitrogen and oxygen atoms in total. The Bertz CT molecular complexity index is 1070. The molecule has 2 aromatic carbocycles. The summed E-state index contributed by atoms with van der Waals surface area (Å²) in [6.45, 7) is 4.42. The van der Waals surface area contributed by atoms with Crippen molar-refractivity contribution in [3.8, 4) is 5.75 Å². The molecule has 31 heavy (non-hydrogen) atoms. The first-order valence-corrected chi connectivity index (χ1v) is 11.3. The number of fused-ring (bicyclic) bond motifs is 3. The van der Waals surface area contributed by atoms with Crippen LogP contribution in [0.2, 0.25) is 0 Å². The van der Waals surface area contributed by atoms with Crippen LogP contribution in [0.4, 0.5) is 11.4 Å². The number of anilines is 2. The van der Waals surface area contributed by atoms with Crippen molar-refractivity contribution in [2.45, 2.75) is 25.7 Å². The molecule has 1 aliphatic carbocycles. The molecule has 0 spiro atoms. The number of benzene rings is 2. The molecule has 0 atom stereocenters. The van der Waals surface area contributed by atoms with E-state index in [1.54, 1.807) is 4.90 Å². The Balaban J connectivity index is 1.17. The first-order valence-electron chi connectivity index (χ1n) is 11.3. The van der Waals surface area contributed by atoms with Crippen LogP contribution in [0.1, 0.15) is 24.2 Å². The van der Waals surface area contributed by atoms with Crippen molar-refractivity contribution in [3.63, 3.8) is 0 Å². The number of piperazine rings is 1. The Morgan fingerprint density at radius 3 is 2.68 bits per heavy atom. The van der Waals surface area contributed by atoms with E-state index >= 15 is 0 Å². The zero-order chi connectivity index (χ0) is 21.2. The summed E-state index contributed by atoms with van der Waals surface area (Å²) in [5.74, 6) is 1.65. The van der Waals surface area contributed by atoms with Gasteiger partial charge in [-0.25, -0.2) is 0 Å². The Morgan fingerprint density at radius 2 is 1.87 bits per heavy atom. The summed E-state index contributed by atoms with van der Waals surface area (Å²) in [6, 6.07) is 13.9. The van der Waals surface area contributed by atoms with Gasteiger partial charge in [-0.3, -0.25) is 4.79 Å². The number of likely N-dealkylation sites (N-methyl/N-ethyl adjacent to an activating group) is 1. The quantitative estimate of drug-likeness (QED) is 0.666. The summed E-state index contributed by atoms with van der Waals surface area (Å²) in [6.07, 6.45) is 4.45. The van der Waals surface area contributed by atoms with Gasteiger partial charge in [-0.15, -0.1) is 0 Å². The minimum atomic E-state index is -0.162. The maximum atomic E-state index is 12.4. The third kappa shape index (κ3) is 4.39. The van der Waals surface area contributed by atoms with Crippen LogP contribution in [-0.2, 0) is 17.6 Å². The van der Waals surface area contributed by atoms with E-state index in [4.69, 9.17) is 9.15 Å². The second kappa shape index (κ2) is 8.63. The number of amides is 1. The number of hydrogen-bond acceptors (Lipinski definition) is 4. The average molecular weight is 421 g/mol. The van der Waals surface area contributed by atoms with Crippen molar-refractivity contribution in [2.24, 2.45) is 0 Å². The molecule has 2 heterocycles. The highest BCUT2D eigenvalue weighted by molar-refractivity contribution is 5.92. The molecule has 0 saturated carbocycles. The van der Waals surface area contributed by atoms with Gasteiger partial charge >= 0.3 is 0 Å². The number of rotatable bonds is 5. The summed E-state index contributed by atoms with van der Waals surface area (Å²) in [5, 5.41) is 4.05. The lowest BCUT2D eigenvalue weighted by atomic mass is 9.96. The van der Waals surface area contributed by atoms with Gasteiger partial charge in [0.15, 0.2) is 6.61 Å². The van der Waals surface area contributed by atoms with Gasteiger partial charge in [0.2, 0.25) is 0 Å². The molecular formula is C25H30N3O3+. The van der Waals surface area contributed by atoms with Crippen LogP contribution in [0, 0.1) is 0 Å². The van der Waals surface area contributed by atoms with E-state index < -0.39 is 0 Å². The number of aryl methyl sites for hydroxylation is 2. The highest BCUT2D eigenvalue weighted by Gasteiger charge is 2.19. The molecular weight excluding hydrogens is 390 g/mol. The van der Waals surface area contributed by atoms with Crippen LogP contribution in [0.3, 0.4) is 0 Å². The van der Waals surface area contributed by atoms with Gasteiger partial charge in [0.05, 0.1) is 33.2 Å². The lowest BCUT2D eigenvalue weighted by molar-refractivity contribution is -0.880. The van der Waals surface area contributed by atoms with E-state index in [0.717, 1.165) is 61.4 Å². The molecule has 1 fully saturated rings.